The summed E-state index contributed by atoms with van der Waals surface area (Å²) in [5.41, 5.74) is 3.74. The van der Waals surface area contributed by atoms with Crippen molar-refractivity contribution in [3.63, 3.8) is 0 Å². The number of allylic oxidation sites excluding steroid dienone is 4. The summed E-state index contributed by atoms with van der Waals surface area (Å²) in [7, 11) is 1.83. The molecule has 0 saturated carbocycles. The van der Waals surface area contributed by atoms with Gasteiger partial charge in [0.1, 0.15) is 0 Å². The van der Waals surface area contributed by atoms with Crippen LogP contribution in [-0.2, 0) is 4.79 Å². The zero-order valence-corrected chi connectivity index (χ0v) is 12.7. The van der Waals surface area contributed by atoms with E-state index in [0.29, 0.717) is 6.54 Å². The van der Waals surface area contributed by atoms with E-state index >= 15 is 0 Å². The van der Waals surface area contributed by atoms with Gasteiger partial charge in [0.05, 0.1) is 0 Å². The van der Waals surface area contributed by atoms with E-state index in [1.807, 2.05) is 20.9 Å². The zero-order valence-electron chi connectivity index (χ0n) is 12.7. The van der Waals surface area contributed by atoms with Gasteiger partial charge in [0.15, 0.2) is 0 Å². The highest BCUT2D eigenvalue weighted by Gasteiger charge is 2.02. The zero-order chi connectivity index (χ0) is 14.1. The first-order chi connectivity index (χ1) is 8.32. The molecule has 102 valence electrons. The molecule has 0 N–H and O–H groups in total. The van der Waals surface area contributed by atoms with Gasteiger partial charge in [-0.05, 0) is 47.5 Å². The van der Waals surface area contributed by atoms with E-state index < -0.39 is 0 Å². The summed E-state index contributed by atoms with van der Waals surface area (Å²) in [5, 5.41) is 0. The first kappa shape index (κ1) is 16.7. The van der Waals surface area contributed by atoms with Crippen LogP contribution in [0.3, 0.4) is 0 Å². The van der Waals surface area contributed by atoms with Gasteiger partial charge in [-0.1, -0.05) is 28.9 Å². The summed E-state index contributed by atoms with van der Waals surface area (Å²) in [4.78, 5) is 13.4. The Morgan fingerprint density at radius 1 is 1.00 bits per heavy atom. The second-order valence-corrected chi connectivity index (χ2v) is 5.31. The number of nitrogens with zero attached hydrogens (tertiary/aromatic N) is 1. The predicted octanol–water partition coefficient (Wildman–Crippen LogP) is 4.10. The van der Waals surface area contributed by atoms with E-state index in [1.54, 1.807) is 11.0 Å². The van der Waals surface area contributed by atoms with Crippen LogP contribution >= 0.6 is 0 Å². The smallest absolute Gasteiger partial charge is 0.246 e. The lowest BCUT2D eigenvalue weighted by Crippen LogP contribution is -2.25. The van der Waals surface area contributed by atoms with E-state index in [9.17, 15) is 4.79 Å². The van der Waals surface area contributed by atoms with Crippen molar-refractivity contribution in [1.29, 1.82) is 0 Å². The number of likely N-dealkylation sites (N-methyl/N-ethyl adjacent to an activating group) is 1. The van der Waals surface area contributed by atoms with Crippen molar-refractivity contribution in [3.05, 3.63) is 34.9 Å². The summed E-state index contributed by atoms with van der Waals surface area (Å²) in [5.74, 6) is 0.0725. The Labute approximate surface area is 112 Å². The second kappa shape index (κ2) is 8.73. The minimum Gasteiger partial charge on any atom is -0.338 e. The second-order valence-electron chi connectivity index (χ2n) is 5.31. The highest BCUT2D eigenvalue weighted by molar-refractivity contribution is 5.88. The largest absolute Gasteiger partial charge is 0.338 e. The molecule has 0 radical (unpaired) electrons. The van der Waals surface area contributed by atoms with Crippen LogP contribution in [0.1, 0.15) is 47.5 Å². The molecule has 2 nitrogen and oxygen atoms in total. The number of carbonyl (C=O) groups is 1. The monoisotopic (exact) mass is 249 g/mol. The molecule has 1 amide bonds. The first-order valence-corrected chi connectivity index (χ1v) is 6.52. The van der Waals surface area contributed by atoms with E-state index in [4.69, 9.17) is 0 Å². The Morgan fingerprint density at radius 2 is 1.61 bits per heavy atom. The molecular weight excluding hydrogens is 222 g/mol. The van der Waals surface area contributed by atoms with Crippen molar-refractivity contribution in [2.75, 3.05) is 13.6 Å². The molecule has 0 spiro atoms. The first-order valence-electron chi connectivity index (χ1n) is 6.52. The lowest BCUT2D eigenvalue weighted by atomic mass is 10.1. The maximum Gasteiger partial charge on any atom is 0.246 e. The van der Waals surface area contributed by atoms with E-state index in [0.717, 1.165) is 18.4 Å². The van der Waals surface area contributed by atoms with Gasteiger partial charge in [0.25, 0.3) is 0 Å². The number of rotatable bonds is 6. The van der Waals surface area contributed by atoms with Crippen molar-refractivity contribution in [2.24, 2.45) is 0 Å². The molecule has 0 rings (SSSR count). The average Bonchev–Trinajstić information content (AvgIpc) is 2.24. The van der Waals surface area contributed by atoms with Crippen LogP contribution in [0.5, 0.6) is 0 Å². The molecular formula is C16H27NO. The topological polar surface area (TPSA) is 20.3 Å². The average molecular weight is 249 g/mol. The van der Waals surface area contributed by atoms with Gasteiger partial charge >= 0.3 is 0 Å². The fourth-order valence-corrected chi connectivity index (χ4v) is 1.43. The molecule has 0 aliphatic carbocycles. The van der Waals surface area contributed by atoms with Crippen LogP contribution in [0.2, 0.25) is 0 Å². The Balaban J connectivity index is 4.17. The molecule has 0 atom stereocenters. The Hall–Kier alpha value is -1.31. The predicted molar refractivity (Wildman–Crippen MR) is 79.5 cm³/mol. The normalized spacial score (nSPS) is 10.9. The fourth-order valence-electron chi connectivity index (χ4n) is 1.43. The summed E-state index contributed by atoms with van der Waals surface area (Å²) in [6, 6.07) is 0. The molecule has 0 heterocycles. The summed E-state index contributed by atoms with van der Waals surface area (Å²) in [6.07, 6.45) is 8.20. The van der Waals surface area contributed by atoms with E-state index in [1.165, 1.54) is 11.1 Å². The van der Waals surface area contributed by atoms with Gasteiger partial charge in [0, 0.05) is 19.7 Å². The number of hydrogen-bond acceptors (Lipinski definition) is 1. The van der Waals surface area contributed by atoms with Crippen molar-refractivity contribution < 1.29 is 4.79 Å². The molecule has 0 fully saturated rings. The van der Waals surface area contributed by atoms with Gasteiger partial charge in [0.2, 0.25) is 5.91 Å². The van der Waals surface area contributed by atoms with Gasteiger partial charge < -0.3 is 4.90 Å². The number of carbonyl (C=O) groups excluding carboxylic acids is 1. The van der Waals surface area contributed by atoms with Crippen LogP contribution in [0.15, 0.2) is 34.9 Å². The standard InChI is InChI=1S/C16H27NO/c1-13(2)8-7-9-15(5)10-11-17(6)16(18)12-14(3)4/h8,10,12H,7,9,11H2,1-6H3. The quantitative estimate of drug-likeness (QED) is 0.512. The highest BCUT2D eigenvalue weighted by Crippen LogP contribution is 2.06. The molecule has 18 heavy (non-hydrogen) atoms. The Bertz CT molecular complexity index is 353. The van der Waals surface area contributed by atoms with Gasteiger partial charge in [-0.15, -0.1) is 0 Å². The molecule has 0 aromatic carbocycles. The van der Waals surface area contributed by atoms with Crippen molar-refractivity contribution >= 4 is 5.91 Å². The van der Waals surface area contributed by atoms with Crippen molar-refractivity contribution in [1.82, 2.24) is 4.90 Å². The SMILES string of the molecule is CC(C)=CCCC(C)=CCN(C)C(=O)C=C(C)C. The summed E-state index contributed by atoms with van der Waals surface area (Å²) < 4.78 is 0. The third-order valence-corrected chi connectivity index (χ3v) is 2.59. The number of hydrogen-bond donors (Lipinski definition) is 0. The van der Waals surface area contributed by atoms with Gasteiger partial charge in [-0.2, -0.15) is 0 Å². The maximum atomic E-state index is 11.7. The molecule has 0 aliphatic heterocycles. The van der Waals surface area contributed by atoms with Crippen LogP contribution in [-0.4, -0.2) is 24.4 Å². The van der Waals surface area contributed by atoms with Crippen molar-refractivity contribution in [2.45, 2.75) is 47.5 Å². The van der Waals surface area contributed by atoms with Crippen LogP contribution in [0.4, 0.5) is 0 Å². The molecule has 0 unspecified atom stereocenters. The highest BCUT2D eigenvalue weighted by atomic mass is 16.2. The Kier molecular flexibility index (Phi) is 8.10. The third-order valence-electron chi connectivity index (χ3n) is 2.59. The van der Waals surface area contributed by atoms with Crippen LogP contribution < -0.4 is 0 Å². The lowest BCUT2D eigenvalue weighted by Gasteiger charge is -2.13. The summed E-state index contributed by atoms with van der Waals surface area (Å²) >= 11 is 0. The molecule has 0 aromatic rings. The molecule has 0 saturated heterocycles. The van der Waals surface area contributed by atoms with Crippen molar-refractivity contribution in [3.8, 4) is 0 Å². The number of amides is 1. The van der Waals surface area contributed by atoms with Crippen LogP contribution in [0.25, 0.3) is 0 Å². The minimum atomic E-state index is 0.0725. The Morgan fingerprint density at radius 3 is 2.11 bits per heavy atom. The molecule has 2 heteroatoms. The molecule has 0 aromatic heterocycles. The molecule has 0 aliphatic rings. The summed E-state index contributed by atoms with van der Waals surface area (Å²) in [6.45, 7) is 10.9. The fraction of sp³-hybridized carbons (Fsp3) is 0.562. The van der Waals surface area contributed by atoms with E-state index in [-0.39, 0.29) is 5.91 Å². The minimum absolute atomic E-state index is 0.0725. The van der Waals surface area contributed by atoms with Gasteiger partial charge in [-0.3, -0.25) is 4.79 Å². The lowest BCUT2D eigenvalue weighted by molar-refractivity contribution is -0.124. The molecule has 0 bridgehead atoms. The van der Waals surface area contributed by atoms with Crippen LogP contribution in [0, 0.1) is 0 Å². The maximum absolute atomic E-state index is 11.7. The third kappa shape index (κ3) is 8.80. The van der Waals surface area contributed by atoms with Gasteiger partial charge in [-0.25, -0.2) is 0 Å². The van der Waals surface area contributed by atoms with E-state index in [2.05, 4.69) is 32.9 Å².